The molecule has 7 nitrogen and oxygen atoms in total. The van der Waals surface area contributed by atoms with Crippen molar-refractivity contribution in [2.45, 2.75) is 25.0 Å². The van der Waals surface area contributed by atoms with Gasteiger partial charge in [0.25, 0.3) is 11.8 Å². The van der Waals surface area contributed by atoms with E-state index in [1.165, 1.54) is 0 Å². The van der Waals surface area contributed by atoms with Crippen molar-refractivity contribution in [3.63, 3.8) is 0 Å². The zero-order chi connectivity index (χ0) is 13.4. The van der Waals surface area contributed by atoms with E-state index in [0.29, 0.717) is 25.9 Å². The Labute approximate surface area is 110 Å². The number of carbonyl (C=O) groups excluding carboxylic acids is 3. The van der Waals surface area contributed by atoms with Crippen molar-refractivity contribution in [3.05, 3.63) is 0 Å². The molecule has 3 saturated heterocycles. The first-order valence-corrected chi connectivity index (χ1v) is 6.66. The highest BCUT2D eigenvalue weighted by Crippen LogP contribution is 2.28. The molecule has 2 atom stereocenters. The highest BCUT2D eigenvalue weighted by atomic mass is 16.5. The summed E-state index contributed by atoms with van der Waals surface area (Å²) >= 11 is 0. The molecule has 19 heavy (non-hydrogen) atoms. The fourth-order valence-electron chi connectivity index (χ4n) is 2.76. The molecule has 2 bridgehead atoms. The maximum atomic E-state index is 12.1. The first-order valence-electron chi connectivity index (χ1n) is 6.66. The van der Waals surface area contributed by atoms with Crippen molar-refractivity contribution in [2.24, 2.45) is 0 Å². The average Bonchev–Trinajstić information content (AvgIpc) is 2.89. The zero-order valence-electron chi connectivity index (χ0n) is 10.6. The molecule has 3 aliphatic rings. The van der Waals surface area contributed by atoms with Crippen LogP contribution in [0.3, 0.4) is 0 Å². The van der Waals surface area contributed by atoms with Crippen molar-refractivity contribution >= 4 is 17.7 Å². The number of amides is 3. The van der Waals surface area contributed by atoms with Crippen LogP contribution >= 0.6 is 0 Å². The van der Waals surface area contributed by atoms with Gasteiger partial charge in [0.05, 0.1) is 0 Å². The molecule has 0 aromatic heterocycles. The summed E-state index contributed by atoms with van der Waals surface area (Å²) in [7, 11) is 0. The van der Waals surface area contributed by atoms with Crippen molar-refractivity contribution in [1.82, 2.24) is 15.1 Å². The van der Waals surface area contributed by atoms with Gasteiger partial charge in [0.2, 0.25) is 5.91 Å². The number of morpholine rings is 1. The van der Waals surface area contributed by atoms with E-state index in [9.17, 15) is 14.4 Å². The lowest BCUT2D eigenvalue weighted by atomic mass is 10.2. The van der Waals surface area contributed by atoms with Gasteiger partial charge in [0.15, 0.2) is 0 Å². The van der Waals surface area contributed by atoms with E-state index in [0.717, 1.165) is 18.0 Å². The van der Waals surface area contributed by atoms with Crippen LogP contribution in [0.5, 0.6) is 0 Å². The number of nitrogens with one attached hydrogen (secondary N) is 1. The number of ether oxygens (including phenoxy) is 1. The van der Waals surface area contributed by atoms with Crippen LogP contribution in [0.25, 0.3) is 0 Å². The number of hydrogen-bond donors (Lipinski definition) is 1. The Morgan fingerprint density at radius 3 is 2.32 bits per heavy atom. The molecule has 3 aliphatic heterocycles. The first-order chi connectivity index (χ1) is 9.16. The van der Waals surface area contributed by atoms with Gasteiger partial charge < -0.3 is 15.0 Å². The van der Waals surface area contributed by atoms with E-state index in [1.807, 2.05) is 0 Å². The summed E-state index contributed by atoms with van der Waals surface area (Å²) in [6, 6.07) is 0. The van der Waals surface area contributed by atoms with Gasteiger partial charge in [-0.25, -0.2) is 0 Å². The molecule has 0 spiro atoms. The molecular formula is C12H17N3O4. The number of hydrogen-bond acceptors (Lipinski definition) is 5. The third kappa shape index (κ3) is 2.23. The normalized spacial score (nSPS) is 30.9. The summed E-state index contributed by atoms with van der Waals surface area (Å²) in [5.41, 5.74) is 0. The van der Waals surface area contributed by atoms with Crippen LogP contribution < -0.4 is 5.32 Å². The molecule has 104 valence electrons. The van der Waals surface area contributed by atoms with Gasteiger partial charge in [-0.1, -0.05) is 0 Å². The fraction of sp³-hybridized carbons (Fsp3) is 0.750. The average molecular weight is 267 g/mol. The van der Waals surface area contributed by atoms with Crippen LogP contribution in [0.4, 0.5) is 0 Å². The summed E-state index contributed by atoms with van der Waals surface area (Å²) in [5, 5.41) is 3.15. The van der Waals surface area contributed by atoms with Crippen LogP contribution in [-0.4, -0.2) is 72.5 Å². The second-order valence-corrected chi connectivity index (χ2v) is 5.08. The largest absolute Gasteiger partial charge is 0.355 e. The van der Waals surface area contributed by atoms with Crippen LogP contribution in [0.2, 0.25) is 0 Å². The van der Waals surface area contributed by atoms with Crippen LogP contribution in [0, 0.1) is 0 Å². The molecule has 0 radical (unpaired) electrons. The first kappa shape index (κ1) is 12.6. The molecule has 0 aromatic carbocycles. The number of fused-ring (bicyclic) bond motifs is 2. The Morgan fingerprint density at radius 2 is 1.74 bits per heavy atom. The monoisotopic (exact) mass is 267 g/mol. The summed E-state index contributed by atoms with van der Waals surface area (Å²) in [4.78, 5) is 38.9. The molecule has 2 unspecified atom stereocenters. The maximum absolute atomic E-state index is 12.1. The summed E-state index contributed by atoms with van der Waals surface area (Å²) < 4.78 is 5.30. The molecule has 3 rings (SSSR count). The van der Waals surface area contributed by atoms with Gasteiger partial charge in [-0.3, -0.25) is 19.3 Å². The van der Waals surface area contributed by atoms with E-state index in [-0.39, 0.29) is 24.3 Å². The Bertz CT molecular complexity index is 397. The predicted molar refractivity (Wildman–Crippen MR) is 64.1 cm³/mol. The van der Waals surface area contributed by atoms with E-state index in [1.54, 1.807) is 4.90 Å². The Morgan fingerprint density at radius 1 is 1.16 bits per heavy atom. The lowest BCUT2D eigenvalue weighted by Crippen LogP contribution is -2.56. The van der Waals surface area contributed by atoms with Crippen molar-refractivity contribution < 1.29 is 19.1 Å². The van der Waals surface area contributed by atoms with Gasteiger partial charge >= 0.3 is 0 Å². The van der Waals surface area contributed by atoms with E-state index in [2.05, 4.69) is 5.32 Å². The Hall–Kier alpha value is -1.47. The molecule has 3 heterocycles. The van der Waals surface area contributed by atoms with Crippen LogP contribution in [0.1, 0.15) is 12.8 Å². The SMILES string of the molecule is O=C(CN1C(=O)C2CCC(O2)C1=O)N1CCNCC1. The minimum Gasteiger partial charge on any atom is -0.355 e. The standard InChI is InChI=1S/C12H17N3O4/c16-10(14-5-3-13-4-6-14)7-15-11(17)8-1-2-9(19-8)12(15)18/h8-9,13H,1-7H2. The van der Waals surface area contributed by atoms with Crippen molar-refractivity contribution in [3.8, 4) is 0 Å². The summed E-state index contributed by atoms with van der Waals surface area (Å²) in [6.45, 7) is 2.61. The van der Waals surface area contributed by atoms with Crippen LogP contribution in [0.15, 0.2) is 0 Å². The number of rotatable bonds is 2. The Balaban J connectivity index is 1.66. The van der Waals surface area contributed by atoms with E-state index >= 15 is 0 Å². The highest BCUT2D eigenvalue weighted by molar-refractivity contribution is 6.04. The number of piperazine rings is 1. The quantitative estimate of drug-likeness (QED) is 0.606. The number of nitrogens with zero attached hydrogens (tertiary/aromatic N) is 2. The fourth-order valence-corrected chi connectivity index (χ4v) is 2.76. The van der Waals surface area contributed by atoms with E-state index < -0.39 is 12.2 Å². The van der Waals surface area contributed by atoms with Gasteiger partial charge in [-0.05, 0) is 12.8 Å². The third-order valence-corrected chi connectivity index (χ3v) is 3.87. The van der Waals surface area contributed by atoms with Gasteiger partial charge in [0.1, 0.15) is 18.8 Å². The predicted octanol–water partition coefficient (Wildman–Crippen LogP) is -1.67. The smallest absolute Gasteiger partial charge is 0.258 e. The topological polar surface area (TPSA) is 79.0 Å². The van der Waals surface area contributed by atoms with Gasteiger partial charge in [0, 0.05) is 26.2 Å². The molecule has 0 aromatic rings. The molecule has 3 fully saturated rings. The molecule has 0 saturated carbocycles. The molecule has 1 N–H and O–H groups in total. The maximum Gasteiger partial charge on any atom is 0.258 e. The van der Waals surface area contributed by atoms with E-state index in [4.69, 9.17) is 4.74 Å². The lowest BCUT2D eigenvalue weighted by molar-refractivity contribution is -0.170. The third-order valence-electron chi connectivity index (χ3n) is 3.87. The minimum atomic E-state index is -0.529. The second-order valence-electron chi connectivity index (χ2n) is 5.08. The zero-order valence-corrected chi connectivity index (χ0v) is 10.6. The molecule has 0 aliphatic carbocycles. The number of carbonyl (C=O) groups is 3. The highest BCUT2D eigenvalue weighted by Gasteiger charge is 2.47. The van der Waals surface area contributed by atoms with Gasteiger partial charge in [-0.15, -0.1) is 0 Å². The summed E-state index contributed by atoms with van der Waals surface area (Å²) in [5.74, 6) is -0.881. The summed E-state index contributed by atoms with van der Waals surface area (Å²) in [6.07, 6.45) is 0.0956. The second kappa shape index (κ2) is 4.90. The van der Waals surface area contributed by atoms with Crippen molar-refractivity contribution in [2.75, 3.05) is 32.7 Å². The van der Waals surface area contributed by atoms with Gasteiger partial charge in [-0.2, -0.15) is 0 Å². The van der Waals surface area contributed by atoms with Crippen LogP contribution in [-0.2, 0) is 19.1 Å². The number of likely N-dealkylation sites (tertiary alicyclic amines) is 1. The molecular weight excluding hydrogens is 250 g/mol. The lowest BCUT2D eigenvalue weighted by Gasteiger charge is -2.33. The Kier molecular flexibility index (Phi) is 3.24. The molecule has 7 heteroatoms. The van der Waals surface area contributed by atoms with Crippen molar-refractivity contribution in [1.29, 1.82) is 0 Å². The molecule has 3 amide bonds. The number of imide groups is 1. The minimum absolute atomic E-state index is 0.145.